The summed E-state index contributed by atoms with van der Waals surface area (Å²) in [5, 5.41) is 13.0. The first-order valence-corrected chi connectivity index (χ1v) is 10.7. The molecule has 24 heavy (non-hydrogen) atoms. The van der Waals surface area contributed by atoms with Gasteiger partial charge in [-0.25, -0.2) is 8.42 Å². The fourth-order valence-corrected chi connectivity index (χ4v) is 5.55. The normalized spacial score (nSPS) is 28.2. The maximum absolute atomic E-state index is 11.5. The van der Waals surface area contributed by atoms with E-state index in [0.29, 0.717) is 5.92 Å². The number of hydrogen-bond acceptors (Lipinski definition) is 5. The van der Waals surface area contributed by atoms with Crippen molar-refractivity contribution in [1.29, 1.82) is 0 Å². The fourth-order valence-electron chi connectivity index (χ4n) is 3.77. The van der Waals surface area contributed by atoms with Crippen molar-refractivity contribution in [2.45, 2.75) is 38.0 Å². The minimum absolute atomic E-state index is 0.0731. The van der Waals surface area contributed by atoms with E-state index in [1.165, 1.54) is 18.4 Å². The standard InChI is InChI=1S/C18H28N2O3S/c21-18-14-24(22,23)13-17(18)19-9-6-15-7-10-20(11-8-15)12-16-4-2-1-3-5-16/h1-5,15,17-19,21H,6-14H2/t17-,18+/m0/s1. The van der Waals surface area contributed by atoms with Gasteiger partial charge < -0.3 is 10.4 Å². The molecule has 2 N–H and O–H groups in total. The zero-order valence-electron chi connectivity index (χ0n) is 14.1. The van der Waals surface area contributed by atoms with Gasteiger partial charge in [-0.05, 0) is 50.4 Å². The lowest BCUT2D eigenvalue weighted by Gasteiger charge is -2.32. The van der Waals surface area contributed by atoms with Crippen LogP contribution in [0.1, 0.15) is 24.8 Å². The van der Waals surface area contributed by atoms with E-state index in [-0.39, 0.29) is 17.5 Å². The molecule has 2 saturated heterocycles. The molecule has 134 valence electrons. The Balaban J connectivity index is 1.34. The van der Waals surface area contributed by atoms with E-state index >= 15 is 0 Å². The number of aliphatic hydroxyl groups is 1. The molecule has 0 radical (unpaired) electrons. The van der Waals surface area contributed by atoms with Crippen LogP contribution in [0.15, 0.2) is 30.3 Å². The lowest BCUT2D eigenvalue weighted by Crippen LogP contribution is -2.40. The minimum atomic E-state index is -3.06. The molecule has 6 heteroatoms. The zero-order valence-corrected chi connectivity index (χ0v) is 14.9. The highest BCUT2D eigenvalue weighted by atomic mass is 32.2. The molecule has 2 atom stereocenters. The van der Waals surface area contributed by atoms with E-state index in [1.54, 1.807) is 0 Å². The van der Waals surface area contributed by atoms with Crippen molar-refractivity contribution in [3.05, 3.63) is 35.9 Å². The predicted molar refractivity (Wildman–Crippen MR) is 95.5 cm³/mol. The molecule has 5 nitrogen and oxygen atoms in total. The summed E-state index contributed by atoms with van der Waals surface area (Å²) in [4.78, 5) is 2.51. The van der Waals surface area contributed by atoms with Gasteiger partial charge in [-0.15, -0.1) is 0 Å². The van der Waals surface area contributed by atoms with E-state index in [2.05, 4.69) is 40.5 Å². The number of aliphatic hydroxyl groups excluding tert-OH is 1. The van der Waals surface area contributed by atoms with Crippen molar-refractivity contribution in [2.75, 3.05) is 31.1 Å². The number of likely N-dealkylation sites (tertiary alicyclic amines) is 1. The maximum Gasteiger partial charge on any atom is 0.154 e. The molecular weight excluding hydrogens is 324 g/mol. The second kappa shape index (κ2) is 7.95. The van der Waals surface area contributed by atoms with Crippen molar-refractivity contribution in [3.8, 4) is 0 Å². The quantitative estimate of drug-likeness (QED) is 0.800. The average molecular weight is 353 g/mol. The van der Waals surface area contributed by atoms with Crippen molar-refractivity contribution in [1.82, 2.24) is 10.2 Å². The first-order valence-electron chi connectivity index (χ1n) is 8.90. The molecule has 0 saturated carbocycles. The molecule has 0 amide bonds. The smallest absolute Gasteiger partial charge is 0.154 e. The van der Waals surface area contributed by atoms with Crippen LogP contribution in [0.5, 0.6) is 0 Å². The molecule has 0 aliphatic carbocycles. The second-order valence-corrected chi connectivity index (χ2v) is 9.35. The summed E-state index contributed by atoms with van der Waals surface area (Å²) >= 11 is 0. The Morgan fingerprint density at radius 1 is 1.12 bits per heavy atom. The van der Waals surface area contributed by atoms with Crippen LogP contribution in [0.4, 0.5) is 0 Å². The summed E-state index contributed by atoms with van der Waals surface area (Å²) in [6, 6.07) is 10.3. The number of sulfone groups is 1. The highest BCUT2D eigenvalue weighted by Crippen LogP contribution is 2.22. The van der Waals surface area contributed by atoms with Gasteiger partial charge in [0.05, 0.1) is 17.6 Å². The van der Waals surface area contributed by atoms with Gasteiger partial charge in [0, 0.05) is 12.6 Å². The van der Waals surface area contributed by atoms with E-state index < -0.39 is 15.9 Å². The zero-order chi connectivity index (χ0) is 17.0. The largest absolute Gasteiger partial charge is 0.390 e. The van der Waals surface area contributed by atoms with Crippen LogP contribution in [0.3, 0.4) is 0 Å². The summed E-state index contributed by atoms with van der Waals surface area (Å²) in [6.45, 7) is 4.07. The highest BCUT2D eigenvalue weighted by molar-refractivity contribution is 7.91. The number of benzene rings is 1. The van der Waals surface area contributed by atoms with E-state index in [1.807, 2.05) is 0 Å². The van der Waals surface area contributed by atoms with Crippen LogP contribution in [-0.4, -0.2) is 61.7 Å². The summed E-state index contributed by atoms with van der Waals surface area (Å²) in [7, 11) is -3.06. The van der Waals surface area contributed by atoms with Crippen molar-refractivity contribution in [3.63, 3.8) is 0 Å². The monoisotopic (exact) mass is 352 g/mol. The number of piperidine rings is 1. The van der Waals surface area contributed by atoms with Gasteiger partial charge >= 0.3 is 0 Å². The van der Waals surface area contributed by atoms with Crippen LogP contribution >= 0.6 is 0 Å². The van der Waals surface area contributed by atoms with Crippen molar-refractivity contribution < 1.29 is 13.5 Å². The lowest BCUT2D eigenvalue weighted by atomic mass is 9.93. The highest BCUT2D eigenvalue weighted by Gasteiger charge is 2.35. The Kier molecular flexibility index (Phi) is 5.92. The van der Waals surface area contributed by atoms with Crippen LogP contribution in [0.25, 0.3) is 0 Å². The Morgan fingerprint density at radius 2 is 1.83 bits per heavy atom. The van der Waals surface area contributed by atoms with E-state index in [0.717, 1.165) is 32.6 Å². The fraction of sp³-hybridized carbons (Fsp3) is 0.667. The van der Waals surface area contributed by atoms with Gasteiger partial charge in [-0.1, -0.05) is 30.3 Å². The molecule has 0 spiro atoms. The van der Waals surface area contributed by atoms with Gasteiger partial charge in [-0.2, -0.15) is 0 Å². The van der Waals surface area contributed by atoms with Gasteiger partial charge in [0.15, 0.2) is 9.84 Å². The molecule has 2 aliphatic rings. The van der Waals surface area contributed by atoms with E-state index in [4.69, 9.17) is 0 Å². The average Bonchev–Trinajstić information content (AvgIpc) is 2.82. The lowest BCUT2D eigenvalue weighted by molar-refractivity contribution is 0.155. The molecule has 3 rings (SSSR count). The Morgan fingerprint density at radius 3 is 2.46 bits per heavy atom. The topological polar surface area (TPSA) is 69.6 Å². The minimum Gasteiger partial charge on any atom is -0.390 e. The SMILES string of the molecule is O=S1(=O)C[C@@H](O)[C@@H](NCCC2CCN(Cc3ccccc3)CC2)C1. The maximum atomic E-state index is 11.5. The number of nitrogens with one attached hydrogen (secondary N) is 1. The van der Waals surface area contributed by atoms with E-state index in [9.17, 15) is 13.5 Å². The molecule has 0 aromatic heterocycles. The summed E-state index contributed by atoms with van der Waals surface area (Å²) < 4.78 is 23.0. The molecule has 2 aliphatic heterocycles. The second-order valence-electron chi connectivity index (χ2n) is 7.20. The molecule has 2 heterocycles. The van der Waals surface area contributed by atoms with Crippen molar-refractivity contribution in [2.24, 2.45) is 5.92 Å². The van der Waals surface area contributed by atoms with Gasteiger partial charge in [0.1, 0.15) is 0 Å². The first-order chi connectivity index (χ1) is 11.5. The third-order valence-electron chi connectivity index (χ3n) is 5.24. The number of rotatable bonds is 6. The third-order valence-corrected chi connectivity index (χ3v) is 6.95. The van der Waals surface area contributed by atoms with Crippen LogP contribution < -0.4 is 5.32 Å². The first kappa shape index (κ1) is 17.9. The molecule has 0 bridgehead atoms. The summed E-state index contributed by atoms with van der Waals surface area (Å²) in [5.74, 6) is 0.673. The molecular formula is C18H28N2O3S. The van der Waals surface area contributed by atoms with Gasteiger partial charge in [0.2, 0.25) is 0 Å². The summed E-state index contributed by atoms with van der Waals surface area (Å²) in [6.07, 6.45) is 2.70. The third kappa shape index (κ3) is 5.02. The number of nitrogens with zero attached hydrogens (tertiary/aromatic N) is 1. The number of hydrogen-bond donors (Lipinski definition) is 2. The Hall–Kier alpha value is -0.950. The Labute approximate surface area is 145 Å². The predicted octanol–water partition coefficient (Wildman–Crippen LogP) is 1.04. The summed E-state index contributed by atoms with van der Waals surface area (Å²) in [5.41, 5.74) is 1.37. The molecule has 1 aromatic rings. The molecule has 2 fully saturated rings. The molecule has 1 aromatic carbocycles. The van der Waals surface area contributed by atoms with Crippen molar-refractivity contribution >= 4 is 9.84 Å². The van der Waals surface area contributed by atoms with Crippen LogP contribution in [0, 0.1) is 5.92 Å². The van der Waals surface area contributed by atoms with Crippen LogP contribution in [0.2, 0.25) is 0 Å². The van der Waals surface area contributed by atoms with Crippen LogP contribution in [-0.2, 0) is 16.4 Å². The Bertz CT molecular complexity index is 612. The van der Waals surface area contributed by atoms with Gasteiger partial charge in [0.25, 0.3) is 0 Å². The van der Waals surface area contributed by atoms with Gasteiger partial charge in [-0.3, -0.25) is 4.90 Å². The molecule has 0 unspecified atom stereocenters.